The van der Waals surface area contributed by atoms with Crippen LogP contribution in [0.5, 0.6) is 0 Å². The lowest BCUT2D eigenvalue weighted by atomic mass is 10.1. The third-order valence-corrected chi connectivity index (χ3v) is 3.27. The van der Waals surface area contributed by atoms with E-state index in [2.05, 4.69) is 37.0 Å². The lowest BCUT2D eigenvalue weighted by molar-refractivity contribution is 0.782. The zero-order valence-electron chi connectivity index (χ0n) is 8.04. The minimum Gasteiger partial charge on any atom is -0.384 e. The van der Waals surface area contributed by atoms with Crippen LogP contribution in [-0.2, 0) is 7.05 Å². The molecule has 2 rings (SSSR count). The fourth-order valence-corrected chi connectivity index (χ4v) is 2.56. The number of hydrogen-bond acceptors (Lipinski definition) is 2. The molecule has 0 fully saturated rings. The van der Waals surface area contributed by atoms with E-state index in [1.165, 1.54) is 0 Å². The van der Waals surface area contributed by atoms with Crippen molar-refractivity contribution >= 4 is 37.7 Å². The first-order valence-electron chi connectivity index (χ1n) is 4.33. The molecule has 3 nitrogen and oxygen atoms in total. The van der Waals surface area contributed by atoms with Gasteiger partial charge < -0.3 is 5.73 Å². The van der Waals surface area contributed by atoms with Gasteiger partial charge in [0.15, 0.2) is 0 Å². The summed E-state index contributed by atoms with van der Waals surface area (Å²) < 4.78 is 3.68. The van der Waals surface area contributed by atoms with Crippen molar-refractivity contribution in [2.45, 2.75) is 0 Å². The normalized spacial score (nSPS) is 10.6. The molecule has 1 heterocycles. The fourth-order valence-electron chi connectivity index (χ4n) is 1.31. The number of anilines is 1. The van der Waals surface area contributed by atoms with Crippen molar-refractivity contribution in [2.24, 2.45) is 7.05 Å². The van der Waals surface area contributed by atoms with Gasteiger partial charge in [-0.1, -0.05) is 37.9 Å². The molecule has 0 aliphatic rings. The van der Waals surface area contributed by atoms with Gasteiger partial charge in [0.25, 0.3) is 0 Å². The zero-order valence-corrected chi connectivity index (χ0v) is 11.2. The van der Waals surface area contributed by atoms with E-state index in [4.69, 9.17) is 5.73 Å². The van der Waals surface area contributed by atoms with E-state index in [0.29, 0.717) is 5.82 Å². The zero-order chi connectivity index (χ0) is 11.0. The van der Waals surface area contributed by atoms with Gasteiger partial charge in [-0.2, -0.15) is 5.10 Å². The lowest BCUT2D eigenvalue weighted by Crippen LogP contribution is -1.96. The average Bonchev–Trinajstić information content (AvgIpc) is 2.46. The second-order valence-corrected chi connectivity index (χ2v) is 4.97. The Balaban J connectivity index is 2.54. The standard InChI is InChI=1S/C10H9Br2N3/c1-15-10(13)5-9(14-15)7-3-2-6(11)4-8(7)12/h2-5H,13H2,1H3. The first kappa shape index (κ1) is 10.7. The molecule has 2 aromatic rings. The molecule has 0 saturated heterocycles. The highest BCUT2D eigenvalue weighted by Gasteiger charge is 2.08. The van der Waals surface area contributed by atoms with E-state index in [0.717, 1.165) is 20.2 Å². The Labute approximate surface area is 105 Å². The molecule has 0 radical (unpaired) electrons. The predicted octanol–water partition coefficient (Wildman–Crippen LogP) is 3.19. The number of rotatable bonds is 1. The van der Waals surface area contributed by atoms with Crippen LogP contribution in [0.15, 0.2) is 33.2 Å². The van der Waals surface area contributed by atoms with Crippen LogP contribution in [0.4, 0.5) is 5.82 Å². The lowest BCUT2D eigenvalue weighted by Gasteiger charge is -2.00. The van der Waals surface area contributed by atoms with E-state index in [9.17, 15) is 0 Å². The van der Waals surface area contributed by atoms with E-state index in [1.807, 2.05) is 31.3 Å². The quantitative estimate of drug-likeness (QED) is 0.872. The number of halogens is 2. The van der Waals surface area contributed by atoms with Gasteiger partial charge in [-0.05, 0) is 12.1 Å². The van der Waals surface area contributed by atoms with E-state index in [-0.39, 0.29) is 0 Å². The van der Waals surface area contributed by atoms with Gasteiger partial charge in [-0.25, -0.2) is 0 Å². The second-order valence-electron chi connectivity index (χ2n) is 3.20. The summed E-state index contributed by atoms with van der Waals surface area (Å²) in [5.41, 5.74) is 7.64. The Bertz CT molecular complexity index is 486. The van der Waals surface area contributed by atoms with Crippen LogP contribution in [-0.4, -0.2) is 9.78 Å². The van der Waals surface area contributed by atoms with Crippen molar-refractivity contribution < 1.29 is 0 Å². The fraction of sp³-hybridized carbons (Fsp3) is 0.100. The molecule has 0 bridgehead atoms. The molecule has 0 atom stereocenters. The number of aryl methyl sites for hydroxylation is 1. The maximum atomic E-state index is 5.73. The Morgan fingerprint density at radius 1 is 1.27 bits per heavy atom. The number of nitrogens with two attached hydrogens (primary N) is 1. The summed E-state index contributed by atoms with van der Waals surface area (Å²) in [7, 11) is 1.82. The minimum absolute atomic E-state index is 0.653. The maximum Gasteiger partial charge on any atom is 0.121 e. The van der Waals surface area contributed by atoms with Crippen LogP contribution in [0.1, 0.15) is 0 Å². The molecule has 2 N–H and O–H groups in total. The number of nitrogens with zero attached hydrogens (tertiary/aromatic N) is 2. The third-order valence-electron chi connectivity index (χ3n) is 2.12. The first-order chi connectivity index (χ1) is 7.08. The monoisotopic (exact) mass is 329 g/mol. The van der Waals surface area contributed by atoms with Gasteiger partial charge in [0.2, 0.25) is 0 Å². The van der Waals surface area contributed by atoms with Crippen molar-refractivity contribution in [1.82, 2.24) is 9.78 Å². The Kier molecular flexibility index (Phi) is 2.84. The minimum atomic E-state index is 0.653. The molecule has 0 amide bonds. The summed E-state index contributed by atoms with van der Waals surface area (Å²) in [6.45, 7) is 0. The highest BCUT2D eigenvalue weighted by molar-refractivity contribution is 9.11. The van der Waals surface area contributed by atoms with Crippen molar-refractivity contribution in [3.63, 3.8) is 0 Å². The number of benzene rings is 1. The summed E-state index contributed by atoms with van der Waals surface area (Å²) in [6, 6.07) is 7.81. The van der Waals surface area contributed by atoms with Gasteiger partial charge in [-0.15, -0.1) is 0 Å². The molecule has 0 saturated carbocycles. The summed E-state index contributed by atoms with van der Waals surface area (Å²) in [5.74, 6) is 0.653. The van der Waals surface area contributed by atoms with Crippen LogP contribution in [0.2, 0.25) is 0 Å². The summed E-state index contributed by atoms with van der Waals surface area (Å²) in [6.07, 6.45) is 0. The Morgan fingerprint density at radius 2 is 2.00 bits per heavy atom. The summed E-state index contributed by atoms with van der Waals surface area (Å²) in [5, 5.41) is 4.32. The molecule has 0 unspecified atom stereocenters. The van der Waals surface area contributed by atoms with Crippen molar-refractivity contribution in [2.75, 3.05) is 5.73 Å². The second kappa shape index (κ2) is 3.98. The number of hydrogen-bond donors (Lipinski definition) is 1. The highest BCUT2D eigenvalue weighted by Crippen LogP contribution is 2.30. The summed E-state index contributed by atoms with van der Waals surface area (Å²) >= 11 is 6.91. The van der Waals surface area contributed by atoms with E-state index < -0.39 is 0 Å². The molecular weight excluding hydrogens is 322 g/mol. The number of aromatic nitrogens is 2. The smallest absolute Gasteiger partial charge is 0.121 e. The van der Waals surface area contributed by atoms with Crippen LogP contribution in [0.25, 0.3) is 11.3 Å². The molecule has 15 heavy (non-hydrogen) atoms. The van der Waals surface area contributed by atoms with Gasteiger partial charge in [0, 0.05) is 27.6 Å². The molecule has 0 aliphatic carbocycles. The third kappa shape index (κ3) is 2.08. The topological polar surface area (TPSA) is 43.8 Å². The molecule has 1 aromatic heterocycles. The van der Waals surface area contributed by atoms with Gasteiger partial charge in [0.05, 0.1) is 5.69 Å². The molecule has 78 valence electrons. The van der Waals surface area contributed by atoms with Gasteiger partial charge in [-0.3, -0.25) is 4.68 Å². The maximum absolute atomic E-state index is 5.73. The SMILES string of the molecule is Cn1nc(-c2ccc(Br)cc2Br)cc1N. The molecule has 5 heteroatoms. The van der Waals surface area contributed by atoms with Crippen LogP contribution in [0, 0.1) is 0 Å². The van der Waals surface area contributed by atoms with E-state index >= 15 is 0 Å². The molecule has 0 aliphatic heterocycles. The predicted molar refractivity (Wildman–Crippen MR) is 68.5 cm³/mol. The molecule has 0 spiro atoms. The largest absolute Gasteiger partial charge is 0.384 e. The Morgan fingerprint density at radius 3 is 2.53 bits per heavy atom. The van der Waals surface area contributed by atoms with Crippen LogP contribution in [0.3, 0.4) is 0 Å². The Hall–Kier alpha value is -0.810. The molecule has 1 aromatic carbocycles. The summed E-state index contributed by atoms with van der Waals surface area (Å²) in [4.78, 5) is 0. The van der Waals surface area contributed by atoms with Gasteiger partial charge >= 0.3 is 0 Å². The van der Waals surface area contributed by atoms with Crippen LogP contribution < -0.4 is 5.73 Å². The van der Waals surface area contributed by atoms with Crippen molar-refractivity contribution in [3.05, 3.63) is 33.2 Å². The van der Waals surface area contributed by atoms with Crippen LogP contribution >= 0.6 is 31.9 Å². The van der Waals surface area contributed by atoms with E-state index in [1.54, 1.807) is 4.68 Å². The van der Waals surface area contributed by atoms with Gasteiger partial charge in [0.1, 0.15) is 5.82 Å². The van der Waals surface area contributed by atoms with Crippen molar-refractivity contribution in [3.8, 4) is 11.3 Å². The number of nitrogen functional groups attached to an aromatic ring is 1. The first-order valence-corrected chi connectivity index (χ1v) is 5.91. The average molecular weight is 331 g/mol. The highest BCUT2D eigenvalue weighted by atomic mass is 79.9. The molecular formula is C10H9Br2N3. The van der Waals surface area contributed by atoms with Crippen molar-refractivity contribution in [1.29, 1.82) is 0 Å².